The van der Waals surface area contributed by atoms with Gasteiger partial charge in [-0.25, -0.2) is 9.37 Å². The second-order valence-corrected chi connectivity index (χ2v) is 7.93. The smallest absolute Gasteiger partial charge is 0.276 e. The molecule has 2 fully saturated rings. The molecule has 156 valence electrons. The van der Waals surface area contributed by atoms with Gasteiger partial charge in [0, 0.05) is 37.7 Å². The number of carbonyl (C=O) groups is 1. The minimum atomic E-state index is -0.418. The molecule has 1 saturated heterocycles. The minimum absolute atomic E-state index is 0.132. The zero-order chi connectivity index (χ0) is 21.4. The number of hydrogen-bond acceptors (Lipinski definition) is 5. The van der Waals surface area contributed by atoms with Crippen LogP contribution in [0.5, 0.6) is 0 Å². The van der Waals surface area contributed by atoms with Gasteiger partial charge in [-0.15, -0.1) is 0 Å². The van der Waals surface area contributed by atoms with E-state index < -0.39 is 5.82 Å². The third-order valence-corrected chi connectivity index (χ3v) is 5.81. The van der Waals surface area contributed by atoms with Crippen LogP contribution in [0.2, 0.25) is 0 Å². The Balaban J connectivity index is 1.33. The van der Waals surface area contributed by atoms with Gasteiger partial charge >= 0.3 is 0 Å². The number of amides is 1. The minimum Gasteiger partial charge on any atom is -0.440 e. The Kier molecular flexibility index (Phi) is 4.91. The highest BCUT2D eigenvalue weighted by Crippen LogP contribution is 2.43. The fourth-order valence-electron chi connectivity index (χ4n) is 3.94. The summed E-state index contributed by atoms with van der Waals surface area (Å²) in [5.74, 6) is 0.873. The number of halogens is 1. The van der Waals surface area contributed by atoms with Crippen LogP contribution >= 0.6 is 0 Å². The molecule has 2 aliphatic rings. The van der Waals surface area contributed by atoms with Crippen molar-refractivity contribution < 1.29 is 13.6 Å². The van der Waals surface area contributed by atoms with Crippen LogP contribution in [0.4, 0.5) is 10.1 Å². The van der Waals surface area contributed by atoms with Crippen molar-refractivity contribution in [3.05, 3.63) is 71.4 Å². The summed E-state index contributed by atoms with van der Waals surface area (Å²) in [4.78, 5) is 21.5. The van der Waals surface area contributed by atoms with Gasteiger partial charge in [0.05, 0.1) is 17.3 Å². The molecule has 31 heavy (non-hydrogen) atoms. The summed E-state index contributed by atoms with van der Waals surface area (Å²) in [5.41, 5.74) is 2.00. The van der Waals surface area contributed by atoms with Gasteiger partial charge in [0.1, 0.15) is 11.6 Å². The molecule has 1 aliphatic heterocycles. The zero-order valence-corrected chi connectivity index (χ0v) is 16.9. The first-order chi connectivity index (χ1) is 15.1. The molecular weight excluding hydrogens is 395 g/mol. The Hall–Kier alpha value is -3.66. The van der Waals surface area contributed by atoms with Crippen molar-refractivity contribution >= 4 is 11.6 Å². The van der Waals surface area contributed by atoms with E-state index >= 15 is 0 Å². The Morgan fingerprint density at radius 3 is 2.48 bits per heavy atom. The Labute approximate surface area is 179 Å². The number of benzene rings is 2. The van der Waals surface area contributed by atoms with E-state index in [4.69, 9.17) is 9.68 Å². The summed E-state index contributed by atoms with van der Waals surface area (Å²) >= 11 is 0. The highest BCUT2D eigenvalue weighted by Gasteiger charge is 2.36. The van der Waals surface area contributed by atoms with E-state index in [9.17, 15) is 9.18 Å². The van der Waals surface area contributed by atoms with E-state index in [1.54, 1.807) is 17.0 Å². The lowest BCUT2D eigenvalue weighted by atomic mass is 10.1. The summed E-state index contributed by atoms with van der Waals surface area (Å²) in [6.07, 6.45) is 2.02. The Bertz CT molecular complexity index is 1160. The SMILES string of the molecule is N#Cc1ccc(N2CCN(C(=O)c3nc(-c4ccccc4)oc3C3CC3)CC2)c(F)c1. The number of piperazine rings is 1. The van der Waals surface area contributed by atoms with E-state index in [1.165, 1.54) is 6.07 Å². The molecule has 2 aromatic carbocycles. The molecule has 0 radical (unpaired) electrons. The molecule has 2 heterocycles. The molecule has 0 atom stereocenters. The maximum absolute atomic E-state index is 14.4. The number of aromatic nitrogens is 1. The number of anilines is 1. The average molecular weight is 416 g/mol. The maximum Gasteiger partial charge on any atom is 0.276 e. The monoisotopic (exact) mass is 416 g/mol. The molecule has 0 unspecified atom stereocenters. The largest absolute Gasteiger partial charge is 0.440 e. The van der Waals surface area contributed by atoms with E-state index in [0.717, 1.165) is 18.4 Å². The molecule has 3 aromatic rings. The molecule has 7 heteroatoms. The average Bonchev–Trinajstić information content (AvgIpc) is 3.57. The van der Waals surface area contributed by atoms with Gasteiger partial charge in [0.2, 0.25) is 5.89 Å². The standard InChI is InChI=1S/C24H21FN4O2/c25-19-14-16(15-26)6-9-20(19)28-10-12-29(13-11-28)24(30)21-22(17-7-8-17)31-23(27-21)18-4-2-1-3-5-18/h1-6,9,14,17H,7-8,10-13H2. The predicted octanol–water partition coefficient (Wildman–Crippen LogP) is 4.19. The van der Waals surface area contributed by atoms with E-state index in [2.05, 4.69) is 4.98 Å². The van der Waals surface area contributed by atoms with Crippen molar-refractivity contribution in [3.63, 3.8) is 0 Å². The normalized spacial score (nSPS) is 16.3. The van der Waals surface area contributed by atoms with Crippen molar-refractivity contribution in [2.75, 3.05) is 31.1 Å². The lowest BCUT2D eigenvalue weighted by Crippen LogP contribution is -2.49. The van der Waals surface area contributed by atoms with E-state index in [1.807, 2.05) is 41.3 Å². The highest BCUT2D eigenvalue weighted by atomic mass is 19.1. The molecule has 1 amide bonds. The topological polar surface area (TPSA) is 73.4 Å². The molecule has 5 rings (SSSR count). The molecule has 0 spiro atoms. The van der Waals surface area contributed by atoms with Crippen LogP contribution in [0.3, 0.4) is 0 Å². The second-order valence-electron chi connectivity index (χ2n) is 7.93. The van der Waals surface area contributed by atoms with Crippen LogP contribution in [0.15, 0.2) is 52.9 Å². The van der Waals surface area contributed by atoms with Crippen molar-refractivity contribution in [3.8, 4) is 17.5 Å². The Morgan fingerprint density at radius 1 is 1.10 bits per heavy atom. The summed E-state index contributed by atoms with van der Waals surface area (Å²) in [5, 5.41) is 8.92. The molecule has 0 N–H and O–H groups in total. The van der Waals surface area contributed by atoms with Crippen LogP contribution < -0.4 is 4.90 Å². The van der Waals surface area contributed by atoms with Gasteiger partial charge in [-0.2, -0.15) is 5.26 Å². The number of nitriles is 1. The van der Waals surface area contributed by atoms with Crippen molar-refractivity contribution in [1.29, 1.82) is 5.26 Å². The number of oxazole rings is 1. The number of hydrogen-bond donors (Lipinski definition) is 0. The number of carbonyl (C=O) groups excluding carboxylic acids is 1. The Morgan fingerprint density at radius 2 is 1.84 bits per heavy atom. The summed E-state index contributed by atoms with van der Waals surface area (Å²) < 4.78 is 20.4. The second kappa shape index (κ2) is 7.88. The molecule has 1 aromatic heterocycles. The number of nitrogens with zero attached hydrogens (tertiary/aromatic N) is 4. The first-order valence-electron chi connectivity index (χ1n) is 10.4. The van der Waals surface area contributed by atoms with Gasteiger partial charge in [-0.1, -0.05) is 18.2 Å². The lowest BCUT2D eigenvalue weighted by molar-refractivity contribution is 0.0739. The lowest BCUT2D eigenvalue weighted by Gasteiger charge is -2.36. The maximum atomic E-state index is 14.4. The van der Waals surface area contributed by atoms with Gasteiger partial charge in [-0.05, 0) is 43.2 Å². The molecule has 0 bridgehead atoms. The highest BCUT2D eigenvalue weighted by molar-refractivity contribution is 5.94. The van der Waals surface area contributed by atoms with E-state index in [-0.39, 0.29) is 11.8 Å². The van der Waals surface area contributed by atoms with Crippen LogP contribution in [0, 0.1) is 17.1 Å². The molecule has 1 aliphatic carbocycles. The van der Waals surface area contributed by atoms with Gasteiger partial charge in [0.15, 0.2) is 5.69 Å². The van der Waals surface area contributed by atoms with Crippen LogP contribution in [0.25, 0.3) is 11.5 Å². The predicted molar refractivity (Wildman–Crippen MR) is 113 cm³/mol. The fraction of sp³-hybridized carbons (Fsp3) is 0.292. The molecule has 1 saturated carbocycles. The van der Waals surface area contributed by atoms with E-state index in [0.29, 0.717) is 54.8 Å². The van der Waals surface area contributed by atoms with Crippen molar-refractivity contribution in [2.24, 2.45) is 0 Å². The van der Waals surface area contributed by atoms with Gasteiger partial charge < -0.3 is 14.2 Å². The van der Waals surface area contributed by atoms with Crippen LogP contribution in [-0.4, -0.2) is 42.0 Å². The quantitative estimate of drug-likeness (QED) is 0.638. The summed E-state index contributed by atoms with van der Waals surface area (Å²) in [6.45, 7) is 1.96. The third-order valence-electron chi connectivity index (χ3n) is 5.81. The zero-order valence-electron chi connectivity index (χ0n) is 16.9. The van der Waals surface area contributed by atoms with Gasteiger partial charge in [-0.3, -0.25) is 4.79 Å². The number of rotatable bonds is 4. The fourth-order valence-corrected chi connectivity index (χ4v) is 3.94. The van der Waals surface area contributed by atoms with Crippen LogP contribution in [-0.2, 0) is 0 Å². The van der Waals surface area contributed by atoms with Crippen molar-refractivity contribution in [1.82, 2.24) is 9.88 Å². The van der Waals surface area contributed by atoms with Crippen molar-refractivity contribution in [2.45, 2.75) is 18.8 Å². The first kappa shape index (κ1) is 19.3. The summed E-state index contributed by atoms with van der Waals surface area (Å²) in [6, 6.07) is 16.0. The van der Waals surface area contributed by atoms with Crippen LogP contribution in [0.1, 0.15) is 40.6 Å². The first-order valence-corrected chi connectivity index (χ1v) is 10.4. The van der Waals surface area contributed by atoms with Gasteiger partial charge in [0.25, 0.3) is 5.91 Å². The molecule has 6 nitrogen and oxygen atoms in total. The molecular formula is C24H21FN4O2. The summed E-state index contributed by atoms with van der Waals surface area (Å²) in [7, 11) is 0. The third kappa shape index (κ3) is 3.77.